The van der Waals surface area contributed by atoms with Crippen LogP contribution in [0.3, 0.4) is 0 Å². The lowest BCUT2D eigenvalue weighted by molar-refractivity contribution is -0.159. The molecule has 3 saturated carbocycles. The van der Waals surface area contributed by atoms with Crippen molar-refractivity contribution < 1.29 is 24.2 Å². The van der Waals surface area contributed by atoms with E-state index in [9.17, 15) is 14.7 Å². The topological polar surface area (TPSA) is 72.8 Å². The van der Waals surface area contributed by atoms with Gasteiger partial charge in [0.2, 0.25) is 0 Å². The Labute approximate surface area is 186 Å². The van der Waals surface area contributed by atoms with Crippen LogP contribution in [0, 0.1) is 34.5 Å². The quantitative estimate of drug-likeness (QED) is 0.510. The maximum Gasteiger partial charge on any atom is 0.302 e. The Morgan fingerprint density at radius 2 is 1.84 bits per heavy atom. The van der Waals surface area contributed by atoms with Gasteiger partial charge in [-0.25, -0.2) is 0 Å². The van der Waals surface area contributed by atoms with E-state index in [2.05, 4.69) is 19.9 Å². The standard InChI is InChI=1S/C26H40O5/c1-16(27)30-15-26(5,29)23-9-8-21-20-7-6-18-14-19(31-17(2)28)10-12-24(18,3)22(20)11-13-25(21,23)4/h6,19-23,29H,7-15H2,1-5H3/t19-,20?,21-,22?,23-,24-,25-,26?/m0/s1. The first-order valence-electron chi connectivity index (χ1n) is 12.2. The summed E-state index contributed by atoms with van der Waals surface area (Å²) < 4.78 is 10.8. The Morgan fingerprint density at radius 1 is 1.10 bits per heavy atom. The third kappa shape index (κ3) is 3.85. The van der Waals surface area contributed by atoms with E-state index in [0.29, 0.717) is 17.8 Å². The molecule has 0 aliphatic heterocycles. The number of ether oxygens (including phenoxy) is 2. The van der Waals surface area contributed by atoms with E-state index in [-0.39, 0.29) is 41.4 Å². The number of aliphatic hydroxyl groups is 1. The summed E-state index contributed by atoms with van der Waals surface area (Å²) in [7, 11) is 0. The molecule has 4 aliphatic rings. The molecule has 0 heterocycles. The van der Waals surface area contributed by atoms with Gasteiger partial charge in [0, 0.05) is 20.3 Å². The predicted molar refractivity (Wildman–Crippen MR) is 118 cm³/mol. The highest BCUT2D eigenvalue weighted by molar-refractivity contribution is 5.66. The average Bonchev–Trinajstić information content (AvgIpc) is 3.04. The third-order valence-electron chi connectivity index (χ3n) is 9.71. The summed E-state index contributed by atoms with van der Waals surface area (Å²) in [5.74, 6) is 1.57. The number of allylic oxidation sites excluding steroid dienone is 1. The second-order valence-electron chi connectivity index (χ2n) is 11.5. The highest BCUT2D eigenvalue weighted by atomic mass is 16.5. The van der Waals surface area contributed by atoms with Gasteiger partial charge in [0.05, 0.1) is 5.60 Å². The number of fused-ring (bicyclic) bond motifs is 5. The normalized spacial score (nSPS) is 43.5. The minimum Gasteiger partial charge on any atom is -0.463 e. The third-order valence-corrected chi connectivity index (χ3v) is 9.71. The molecular formula is C26H40O5. The van der Waals surface area contributed by atoms with Crippen molar-refractivity contribution in [2.45, 2.75) is 97.7 Å². The molecule has 4 rings (SSSR count). The van der Waals surface area contributed by atoms with Gasteiger partial charge in [0.25, 0.3) is 0 Å². The van der Waals surface area contributed by atoms with Gasteiger partial charge in [0.15, 0.2) is 0 Å². The van der Waals surface area contributed by atoms with Gasteiger partial charge in [0.1, 0.15) is 12.7 Å². The smallest absolute Gasteiger partial charge is 0.302 e. The van der Waals surface area contributed by atoms with Crippen LogP contribution < -0.4 is 0 Å². The van der Waals surface area contributed by atoms with Crippen molar-refractivity contribution in [3.05, 3.63) is 11.6 Å². The maximum atomic E-state index is 11.4. The van der Waals surface area contributed by atoms with Crippen LogP contribution in [-0.2, 0) is 19.1 Å². The Hall–Kier alpha value is -1.36. The molecule has 0 aromatic rings. The second kappa shape index (κ2) is 7.90. The van der Waals surface area contributed by atoms with Crippen molar-refractivity contribution in [2.75, 3.05) is 6.61 Å². The summed E-state index contributed by atoms with van der Waals surface area (Å²) in [5, 5.41) is 11.3. The number of rotatable bonds is 4. The van der Waals surface area contributed by atoms with Crippen molar-refractivity contribution in [1.82, 2.24) is 0 Å². The van der Waals surface area contributed by atoms with E-state index < -0.39 is 5.60 Å². The van der Waals surface area contributed by atoms with Gasteiger partial charge >= 0.3 is 11.9 Å². The molecule has 8 atom stereocenters. The minimum absolute atomic E-state index is 0.0365. The number of carbonyl (C=O) groups excluding carboxylic acids is 2. The first-order valence-corrected chi connectivity index (χ1v) is 12.2. The lowest BCUT2D eigenvalue weighted by Crippen LogP contribution is -2.54. The molecule has 3 unspecified atom stereocenters. The van der Waals surface area contributed by atoms with Crippen molar-refractivity contribution in [2.24, 2.45) is 34.5 Å². The van der Waals surface area contributed by atoms with Gasteiger partial charge in [-0.3, -0.25) is 9.59 Å². The average molecular weight is 433 g/mol. The monoisotopic (exact) mass is 432 g/mol. The fraction of sp³-hybridized carbons (Fsp3) is 0.846. The van der Waals surface area contributed by atoms with Crippen LogP contribution in [-0.4, -0.2) is 35.4 Å². The van der Waals surface area contributed by atoms with Crippen molar-refractivity contribution in [3.8, 4) is 0 Å². The molecule has 31 heavy (non-hydrogen) atoms. The summed E-state index contributed by atoms with van der Waals surface area (Å²) in [6.45, 7) is 9.69. The molecule has 5 nitrogen and oxygen atoms in total. The number of hydrogen-bond acceptors (Lipinski definition) is 5. The van der Waals surface area contributed by atoms with Crippen LogP contribution >= 0.6 is 0 Å². The molecule has 0 radical (unpaired) electrons. The van der Waals surface area contributed by atoms with Crippen LogP contribution in [0.5, 0.6) is 0 Å². The Balaban J connectivity index is 1.54. The van der Waals surface area contributed by atoms with Crippen LogP contribution in [0.25, 0.3) is 0 Å². The zero-order valence-corrected chi connectivity index (χ0v) is 19.9. The lowest BCUT2D eigenvalue weighted by atomic mass is 9.47. The Kier molecular flexibility index (Phi) is 5.81. The summed E-state index contributed by atoms with van der Waals surface area (Å²) in [5.41, 5.74) is 0.816. The van der Waals surface area contributed by atoms with Gasteiger partial charge in [-0.1, -0.05) is 25.5 Å². The van der Waals surface area contributed by atoms with Crippen LogP contribution in [0.2, 0.25) is 0 Å². The SMILES string of the molecule is CC(=O)OCC(C)(O)[C@H]1CC[C@H]2C3CC=C4C[C@@H](OC(C)=O)CC[C@]4(C)C3CC[C@]12C. The van der Waals surface area contributed by atoms with E-state index in [0.717, 1.165) is 44.9 Å². The van der Waals surface area contributed by atoms with Gasteiger partial charge in [-0.2, -0.15) is 0 Å². The van der Waals surface area contributed by atoms with Crippen molar-refractivity contribution in [1.29, 1.82) is 0 Å². The molecule has 0 spiro atoms. The fourth-order valence-corrected chi connectivity index (χ4v) is 8.33. The molecule has 0 aromatic heterocycles. The second-order valence-corrected chi connectivity index (χ2v) is 11.5. The van der Waals surface area contributed by atoms with E-state index in [4.69, 9.17) is 9.47 Å². The van der Waals surface area contributed by atoms with Gasteiger partial charge in [-0.15, -0.1) is 0 Å². The van der Waals surface area contributed by atoms with Crippen LogP contribution in [0.4, 0.5) is 0 Å². The fourth-order valence-electron chi connectivity index (χ4n) is 8.33. The van der Waals surface area contributed by atoms with Crippen molar-refractivity contribution >= 4 is 11.9 Å². The summed E-state index contributed by atoms with van der Waals surface area (Å²) in [6.07, 6.45) is 11.0. The summed E-state index contributed by atoms with van der Waals surface area (Å²) in [6, 6.07) is 0. The highest BCUT2D eigenvalue weighted by Crippen LogP contribution is 2.67. The highest BCUT2D eigenvalue weighted by Gasteiger charge is 2.61. The lowest BCUT2D eigenvalue weighted by Gasteiger charge is -2.58. The Morgan fingerprint density at radius 3 is 2.52 bits per heavy atom. The van der Waals surface area contributed by atoms with Crippen molar-refractivity contribution in [3.63, 3.8) is 0 Å². The molecule has 0 bridgehead atoms. The summed E-state index contributed by atoms with van der Waals surface area (Å²) >= 11 is 0. The molecular weight excluding hydrogens is 392 g/mol. The minimum atomic E-state index is -0.982. The molecule has 0 saturated heterocycles. The maximum absolute atomic E-state index is 11.4. The van der Waals surface area contributed by atoms with Crippen LogP contribution in [0.1, 0.15) is 86.0 Å². The molecule has 1 N–H and O–H groups in total. The van der Waals surface area contributed by atoms with E-state index >= 15 is 0 Å². The Bertz CT molecular complexity index is 770. The molecule has 0 amide bonds. The van der Waals surface area contributed by atoms with Crippen LogP contribution in [0.15, 0.2) is 11.6 Å². The van der Waals surface area contributed by atoms with E-state index in [1.54, 1.807) is 0 Å². The number of carbonyl (C=O) groups is 2. The number of esters is 2. The van der Waals surface area contributed by atoms with E-state index in [1.165, 1.54) is 25.8 Å². The predicted octanol–water partition coefficient (Wildman–Crippen LogP) is 4.81. The van der Waals surface area contributed by atoms with E-state index in [1.807, 2.05) is 6.92 Å². The molecule has 3 fully saturated rings. The first-order chi connectivity index (χ1) is 14.5. The number of hydrogen-bond donors (Lipinski definition) is 1. The zero-order chi connectivity index (χ0) is 22.6. The first kappa shape index (κ1) is 22.8. The summed E-state index contributed by atoms with van der Waals surface area (Å²) in [4.78, 5) is 22.8. The molecule has 0 aromatic carbocycles. The van der Waals surface area contributed by atoms with Gasteiger partial charge in [-0.05, 0) is 86.4 Å². The molecule has 174 valence electrons. The largest absolute Gasteiger partial charge is 0.463 e. The van der Waals surface area contributed by atoms with Gasteiger partial charge < -0.3 is 14.6 Å². The zero-order valence-electron chi connectivity index (χ0n) is 19.9. The molecule has 4 aliphatic carbocycles. The molecule has 5 heteroatoms.